The molecule has 45 atom stereocenters. The van der Waals surface area contributed by atoms with Gasteiger partial charge in [0.15, 0.2) is 56.6 Å². The molecule has 0 saturated carbocycles. The Morgan fingerprint density at radius 2 is 0.607 bits per heavy atom. The molecule has 9 rings (SSSR count). The highest BCUT2D eigenvalue weighted by Crippen LogP contribution is 2.41. The minimum Gasteiger partial charge on any atom is -0.394 e. The highest BCUT2D eigenvalue weighted by molar-refractivity contribution is 5.74. The van der Waals surface area contributed by atoms with Crippen molar-refractivity contribution >= 4 is 17.7 Å². The first-order valence-corrected chi connectivity index (χ1v) is 34.4. The predicted octanol–water partition coefficient (Wildman–Crippen LogP) is -18.1. The van der Waals surface area contributed by atoms with Crippen LogP contribution in [0.5, 0.6) is 0 Å². The van der Waals surface area contributed by atoms with E-state index >= 15 is 0 Å². The van der Waals surface area contributed by atoms with E-state index < -0.39 is 340 Å². The SMILES string of the molecule is CC(=O)N[C@@H]1[C@@H](O)[C@H](O[C@@H]2O[C@H](CO)[C@@H](O[C@@H]3O[C@H](CO)[C@@H](O)[C@H](O[C@H]4O[C@H](CO)[C@@H](O)[C@H](O)[C@@H]4O[C@@H]4O[C@H](CO)[C@@H](O)[C@H](O)[C@H]4NC(C)=O)[C@@H]3O)[C@H](O[C@@H]3O[C@@H](C)[C@@H](O)[C@@H](O)[C@@H]3OC3O[C@H](CO)[C@H](O)[C@H](O)[C@H]3O)[C@H]2NC(C)=O)[C@@H](CO[C@@H]2O[C@@H](C)[C@@H](O[C@@H]3O[C@H](CO)[C@H](O)[C@H](O)[C@H]3O)[C@@H](O)[C@@H]2O)O[C@H]1O. The molecule has 9 aliphatic rings. The second-order valence-electron chi connectivity index (χ2n) is 27.4. The molecule has 0 spiro atoms. The van der Waals surface area contributed by atoms with Gasteiger partial charge in [0.05, 0.1) is 58.5 Å². The zero-order valence-electron chi connectivity index (χ0n) is 57.8. The van der Waals surface area contributed by atoms with E-state index in [9.17, 15) is 137 Å². The van der Waals surface area contributed by atoms with Gasteiger partial charge in [-0.3, -0.25) is 14.4 Å². The first-order valence-electron chi connectivity index (χ1n) is 34.4. The lowest BCUT2D eigenvalue weighted by Gasteiger charge is -2.52. The molecule has 3 amide bonds. The van der Waals surface area contributed by atoms with Crippen LogP contribution in [0.3, 0.4) is 0 Å². The summed E-state index contributed by atoms with van der Waals surface area (Å²) in [5.74, 6) is -2.76. The number of nitrogens with one attached hydrogen (secondary N) is 3. The van der Waals surface area contributed by atoms with Crippen LogP contribution in [-0.4, -0.2) is 463 Å². The Labute approximate surface area is 606 Å². The predicted molar refractivity (Wildman–Crippen MR) is 329 cm³/mol. The highest BCUT2D eigenvalue weighted by Gasteiger charge is 2.61. The number of ether oxygens (including phenoxy) is 17. The summed E-state index contributed by atoms with van der Waals surface area (Å²) in [6.45, 7) is -2.02. The zero-order chi connectivity index (χ0) is 78.8. The summed E-state index contributed by atoms with van der Waals surface area (Å²) in [6, 6.07) is -5.69. The second-order valence-corrected chi connectivity index (χ2v) is 27.4. The fourth-order valence-corrected chi connectivity index (χ4v) is 14.0. The quantitative estimate of drug-likeness (QED) is 0.0382. The van der Waals surface area contributed by atoms with E-state index in [0.717, 1.165) is 20.8 Å². The number of aliphatic hydroxyl groups is 24. The van der Waals surface area contributed by atoms with Crippen LogP contribution in [-0.2, 0) is 94.9 Å². The third-order valence-electron chi connectivity index (χ3n) is 19.9. The number of hydrogen-bond donors (Lipinski definition) is 27. The van der Waals surface area contributed by atoms with Crippen molar-refractivity contribution in [2.75, 3.05) is 46.2 Å². The van der Waals surface area contributed by atoms with Crippen molar-refractivity contribution in [1.82, 2.24) is 16.0 Å². The lowest BCUT2D eigenvalue weighted by atomic mass is 9.93. The van der Waals surface area contributed by atoms with E-state index in [1.54, 1.807) is 0 Å². The van der Waals surface area contributed by atoms with Crippen LogP contribution in [0.2, 0.25) is 0 Å². The molecule has 47 heteroatoms. The molecule has 0 aromatic heterocycles. The van der Waals surface area contributed by atoms with Crippen molar-refractivity contribution in [3.05, 3.63) is 0 Å². The van der Waals surface area contributed by atoms with Crippen molar-refractivity contribution in [2.45, 2.75) is 311 Å². The van der Waals surface area contributed by atoms with Crippen LogP contribution in [0.15, 0.2) is 0 Å². The Bertz CT molecular complexity index is 2800. The molecule has 0 aromatic carbocycles. The van der Waals surface area contributed by atoms with E-state index in [0.29, 0.717) is 0 Å². The summed E-state index contributed by atoms with van der Waals surface area (Å²) in [5.41, 5.74) is 0. The first kappa shape index (κ1) is 87.7. The van der Waals surface area contributed by atoms with Crippen molar-refractivity contribution in [3.8, 4) is 0 Å². The molecule has 9 saturated heterocycles. The van der Waals surface area contributed by atoms with E-state index in [1.807, 2.05) is 0 Å². The smallest absolute Gasteiger partial charge is 0.217 e. The summed E-state index contributed by atoms with van der Waals surface area (Å²) in [5, 5.41) is 272. The molecule has 9 aliphatic heterocycles. The number of carbonyl (C=O) groups excluding carboxylic acids is 3. The van der Waals surface area contributed by atoms with Crippen LogP contribution >= 0.6 is 0 Å². The number of rotatable bonds is 26. The van der Waals surface area contributed by atoms with Crippen molar-refractivity contribution < 1.29 is 217 Å². The summed E-state index contributed by atoms with van der Waals surface area (Å²) in [4.78, 5) is 38.8. The van der Waals surface area contributed by atoms with Gasteiger partial charge in [0, 0.05) is 20.8 Å². The third-order valence-corrected chi connectivity index (χ3v) is 19.9. The molecule has 107 heavy (non-hydrogen) atoms. The Morgan fingerprint density at radius 1 is 0.262 bits per heavy atom. The lowest BCUT2D eigenvalue weighted by Crippen LogP contribution is -2.72. The second kappa shape index (κ2) is 37.8. The molecular formula is C60H101N3O44. The Balaban J connectivity index is 1.07. The number of aliphatic hydroxyl groups excluding tert-OH is 24. The number of amides is 3. The van der Waals surface area contributed by atoms with Gasteiger partial charge in [-0.1, -0.05) is 0 Å². The molecule has 9 heterocycles. The van der Waals surface area contributed by atoms with Gasteiger partial charge >= 0.3 is 0 Å². The van der Waals surface area contributed by atoms with Gasteiger partial charge in [-0.2, -0.15) is 0 Å². The molecule has 0 aromatic rings. The van der Waals surface area contributed by atoms with Crippen LogP contribution in [0.1, 0.15) is 34.6 Å². The van der Waals surface area contributed by atoms with Gasteiger partial charge in [-0.05, 0) is 13.8 Å². The lowest BCUT2D eigenvalue weighted by molar-refractivity contribution is -0.404. The highest BCUT2D eigenvalue weighted by atomic mass is 16.8. The topological polar surface area (TPSA) is 730 Å². The van der Waals surface area contributed by atoms with Gasteiger partial charge in [-0.15, -0.1) is 0 Å². The average Bonchev–Trinajstić information content (AvgIpc) is 0.764. The van der Waals surface area contributed by atoms with Crippen molar-refractivity contribution in [2.24, 2.45) is 0 Å². The first-order chi connectivity index (χ1) is 50.5. The maximum absolute atomic E-state index is 13.8. The van der Waals surface area contributed by atoms with Crippen LogP contribution in [0, 0.1) is 0 Å². The Kier molecular flexibility index (Phi) is 31.0. The van der Waals surface area contributed by atoms with Gasteiger partial charge < -0.3 is 219 Å². The van der Waals surface area contributed by atoms with E-state index in [-0.39, 0.29) is 0 Å². The minimum atomic E-state index is -2.50. The standard InChI is InChI=1S/C60H101N3O44/c1-13-28(73)38(83)50(107-57-42(87)37(82)31(76)20(8-66)97-57)59(92-13)104-48-27(63-17(5)72)54(102-46-24(94-52(90)25(35(46)80)61-15(3)70)12-91-55-43(88)40(85)45(14(2)93-55)101-56-41(86)36(81)30(75)19(7-65)96-56)100-23(11-69)47(48)103-58-44(89)49(33(78)22(10-68)98-58)105-60-51(39(84)32(77)21(9-67)99-60)106-53-26(62-16(4)71)34(79)29(74)18(6-64)95-53/h13-14,18-60,64-69,73-90H,6-12H2,1-5H3,(H,61,70)(H,62,71)(H,63,72)/t13-,14-,18+,19+,20+,21+,22+,23+,24+,25+,26+,27+,28+,29+,30-,31-,32+,33+,34+,35+,36-,37-,38+,39-,40-,41+,42+,43-,44-,45+,46+,47+,48+,49-,50-,51-,52+,53-,54-,55+,56-,57?,58-,59-,60+/m0/s1. The average molecular weight is 1570 g/mol. The Morgan fingerprint density at radius 3 is 1.13 bits per heavy atom. The summed E-state index contributed by atoms with van der Waals surface area (Å²) < 4.78 is 102. The fourth-order valence-electron chi connectivity index (χ4n) is 14.0. The molecule has 1 unspecified atom stereocenters. The molecule has 0 bridgehead atoms. The molecule has 0 aliphatic carbocycles. The van der Waals surface area contributed by atoms with E-state index in [2.05, 4.69) is 16.0 Å². The molecule has 9 fully saturated rings. The Hall–Kier alpha value is -3.23. The van der Waals surface area contributed by atoms with Crippen LogP contribution < -0.4 is 16.0 Å². The van der Waals surface area contributed by atoms with E-state index in [1.165, 1.54) is 13.8 Å². The summed E-state index contributed by atoms with van der Waals surface area (Å²) in [7, 11) is 0. The number of carbonyl (C=O) groups is 3. The zero-order valence-corrected chi connectivity index (χ0v) is 57.8. The summed E-state index contributed by atoms with van der Waals surface area (Å²) in [6.07, 6.45) is -84.7. The maximum Gasteiger partial charge on any atom is 0.217 e. The molecule has 47 nitrogen and oxygen atoms in total. The molecule has 27 N–H and O–H groups in total. The molecule has 0 radical (unpaired) electrons. The minimum absolute atomic E-state index is 0.838. The fraction of sp³-hybridized carbons (Fsp3) is 0.950. The monoisotopic (exact) mass is 1570 g/mol. The van der Waals surface area contributed by atoms with Crippen molar-refractivity contribution in [3.63, 3.8) is 0 Å². The van der Waals surface area contributed by atoms with Gasteiger partial charge in [0.1, 0.15) is 207 Å². The van der Waals surface area contributed by atoms with Gasteiger partial charge in [0.25, 0.3) is 0 Å². The van der Waals surface area contributed by atoms with Crippen molar-refractivity contribution in [1.29, 1.82) is 0 Å². The largest absolute Gasteiger partial charge is 0.394 e. The van der Waals surface area contributed by atoms with E-state index in [4.69, 9.17) is 80.5 Å². The van der Waals surface area contributed by atoms with Gasteiger partial charge in [0.2, 0.25) is 17.7 Å². The summed E-state index contributed by atoms with van der Waals surface area (Å²) >= 11 is 0. The normalized spacial score (nSPS) is 50.7. The van der Waals surface area contributed by atoms with Crippen LogP contribution in [0.4, 0.5) is 0 Å². The van der Waals surface area contributed by atoms with Crippen LogP contribution in [0.25, 0.3) is 0 Å². The third kappa shape index (κ3) is 19.1. The number of hydrogen-bond acceptors (Lipinski definition) is 44. The molecule has 620 valence electrons. The molecular weight excluding hydrogens is 1470 g/mol. The van der Waals surface area contributed by atoms with Gasteiger partial charge in [-0.25, -0.2) is 0 Å². The maximum atomic E-state index is 13.8.